The Bertz CT molecular complexity index is 405. The Hall–Kier alpha value is -1.30. The lowest BCUT2D eigenvalue weighted by molar-refractivity contribution is -0.128. The summed E-state index contributed by atoms with van der Waals surface area (Å²) in [6.45, 7) is 7.43. The predicted octanol–water partition coefficient (Wildman–Crippen LogP) is 1.23. The molecule has 6 nitrogen and oxygen atoms in total. The molecule has 2 fully saturated rings. The molecule has 0 saturated carbocycles. The van der Waals surface area contributed by atoms with E-state index in [4.69, 9.17) is 9.84 Å². The van der Waals surface area contributed by atoms with E-state index in [-0.39, 0.29) is 30.6 Å². The van der Waals surface area contributed by atoms with Crippen LogP contribution in [-0.4, -0.2) is 64.8 Å². The first-order valence-corrected chi connectivity index (χ1v) is 7.68. The number of ether oxygens (including phenoxy) is 1. The predicted molar refractivity (Wildman–Crippen MR) is 77.7 cm³/mol. The molecular weight excluding hydrogens is 272 g/mol. The van der Waals surface area contributed by atoms with Crippen molar-refractivity contribution in [1.29, 1.82) is 0 Å². The molecule has 0 radical (unpaired) electrons. The maximum Gasteiger partial charge on any atom is 0.410 e. The molecule has 21 heavy (non-hydrogen) atoms. The minimum Gasteiger partial charge on any atom is -0.444 e. The highest BCUT2D eigenvalue weighted by molar-refractivity contribution is 5.78. The lowest BCUT2D eigenvalue weighted by Gasteiger charge is -2.31. The van der Waals surface area contributed by atoms with Crippen molar-refractivity contribution in [3.63, 3.8) is 0 Å². The average Bonchev–Trinajstić information content (AvgIpc) is 2.95. The van der Waals surface area contributed by atoms with Crippen LogP contribution in [0.15, 0.2) is 0 Å². The van der Waals surface area contributed by atoms with Crippen molar-refractivity contribution in [2.45, 2.75) is 51.7 Å². The molecule has 0 aromatic carbocycles. The molecule has 0 spiro atoms. The van der Waals surface area contributed by atoms with E-state index >= 15 is 0 Å². The molecule has 2 saturated heterocycles. The number of hydrogen-bond donors (Lipinski definition) is 1. The van der Waals surface area contributed by atoms with Crippen LogP contribution in [0.2, 0.25) is 0 Å². The van der Waals surface area contributed by atoms with Gasteiger partial charge in [-0.15, -0.1) is 0 Å². The number of amides is 2. The quantitative estimate of drug-likeness (QED) is 0.850. The molecular formula is C15H26N2O4. The number of likely N-dealkylation sites (tertiary alicyclic amines) is 2. The molecule has 1 N–H and O–H groups in total. The molecule has 2 aliphatic rings. The van der Waals surface area contributed by atoms with E-state index in [2.05, 4.69) is 0 Å². The minimum atomic E-state index is -0.504. The monoisotopic (exact) mass is 298 g/mol. The Kier molecular flexibility index (Phi) is 4.76. The normalized spacial score (nSPS) is 26.6. The fourth-order valence-corrected chi connectivity index (χ4v) is 2.99. The van der Waals surface area contributed by atoms with Crippen molar-refractivity contribution >= 4 is 12.0 Å². The highest BCUT2D eigenvalue weighted by Gasteiger charge is 2.36. The summed E-state index contributed by atoms with van der Waals surface area (Å²) in [4.78, 5) is 27.6. The molecule has 2 aliphatic heterocycles. The van der Waals surface area contributed by atoms with Gasteiger partial charge in [-0.1, -0.05) is 0 Å². The van der Waals surface area contributed by atoms with Gasteiger partial charge in [-0.2, -0.15) is 0 Å². The summed E-state index contributed by atoms with van der Waals surface area (Å²) in [5.74, 6) is 0.110. The van der Waals surface area contributed by atoms with Crippen molar-refractivity contribution in [2.75, 3.05) is 26.2 Å². The first-order valence-electron chi connectivity index (χ1n) is 7.68. The molecule has 120 valence electrons. The van der Waals surface area contributed by atoms with Gasteiger partial charge in [0, 0.05) is 38.6 Å². The number of aliphatic hydroxyl groups is 1. The smallest absolute Gasteiger partial charge is 0.410 e. The summed E-state index contributed by atoms with van der Waals surface area (Å²) in [6, 6.07) is 0.0289. The molecule has 2 unspecified atom stereocenters. The van der Waals surface area contributed by atoms with E-state index in [0.29, 0.717) is 26.1 Å². The van der Waals surface area contributed by atoms with Crippen LogP contribution in [0.4, 0.5) is 4.79 Å². The third kappa shape index (κ3) is 4.09. The van der Waals surface area contributed by atoms with Crippen LogP contribution < -0.4 is 0 Å². The SMILES string of the molecule is CC(C)(C)OC(=O)N1CCCC1CN1CC(CO)CC1=O. The van der Waals surface area contributed by atoms with Gasteiger partial charge in [0.1, 0.15) is 5.60 Å². The molecule has 0 bridgehead atoms. The highest BCUT2D eigenvalue weighted by Crippen LogP contribution is 2.24. The van der Waals surface area contributed by atoms with E-state index in [9.17, 15) is 9.59 Å². The largest absolute Gasteiger partial charge is 0.444 e. The van der Waals surface area contributed by atoms with Crippen molar-refractivity contribution in [2.24, 2.45) is 5.92 Å². The zero-order valence-electron chi connectivity index (χ0n) is 13.2. The standard InChI is InChI=1S/C15H26N2O4/c1-15(2,3)21-14(20)17-6-4-5-12(17)9-16-8-11(10-18)7-13(16)19/h11-12,18H,4-10H2,1-3H3. The first-order chi connectivity index (χ1) is 9.80. The van der Waals surface area contributed by atoms with Gasteiger partial charge in [0.15, 0.2) is 0 Å². The second kappa shape index (κ2) is 6.22. The van der Waals surface area contributed by atoms with Gasteiger partial charge in [-0.25, -0.2) is 4.79 Å². The van der Waals surface area contributed by atoms with Crippen LogP contribution in [0.25, 0.3) is 0 Å². The van der Waals surface area contributed by atoms with Gasteiger partial charge >= 0.3 is 6.09 Å². The van der Waals surface area contributed by atoms with Gasteiger partial charge in [0.2, 0.25) is 5.91 Å². The maximum absolute atomic E-state index is 12.2. The second-order valence-corrected chi connectivity index (χ2v) is 7.02. The Labute approximate surface area is 126 Å². The molecule has 6 heteroatoms. The Balaban J connectivity index is 1.93. The molecule has 0 aromatic rings. The molecule has 2 heterocycles. The van der Waals surface area contributed by atoms with E-state index < -0.39 is 5.60 Å². The molecule has 2 atom stereocenters. The van der Waals surface area contributed by atoms with Crippen LogP contribution in [0.5, 0.6) is 0 Å². The van der Waals surface area contributed by atoms with Crippen molar-refractivity contribution in [3.8, 4) is 0 Å². The van der Waals surface area contributed by atoms with Crippen LogP contribution in [0.1, 0.15) is 40.0 Å². The topological polar surface area (TPSA) is 70.1 Å². The number of hydrogen-bond acceptors (Lipinski definition) is 4. The lowest BCUT2D eigenvalue weighted by atomic mass is 10.1. The van der Waals surface area contributed by atoms with E-state index in [1.807, 2.05) is 20.8 Å². The Morgan fingerprint density at radius 3 is 2.71 bits per heavy atom. The highest BCUT2D eigenvalue weighted by atomic mass is 16.6. The second-order valence-electron chi connectivity index (χ2n) is 7.02. The summed E-state index contributed by atoms with van der Waals surface area (Å²) >= 11 is 0. The molecule has 0 aliphatic carbocycles. The summed E-state index contributed by atoms with van der Waals surface area (Å²) in [6.07, 6.45) is 1.95. The lowest BCUT2D eigenvalue weighted by Crippen LogP contribution is -2.45. The number of carbonyl (C=O) groups is 2. The van der Waals surface area contributed by atoms with Gasteiger partial charge in [-0.3, -0.25) is 4.79 Å². The summed E-state index contributed by atoms with van der Waals surface area (Å²) in [5, 5.41) is 9.17. The van der Waals surface area contributed by atoms with Crippen molar-refractivity contribution in [1.82, 2.24) is 9.80 Å². The summed E-state index contributed by atoms with van der Waals surface area (Å²) in [5.41, 5.74) is -0.504. The fourth-order valence-electron chi connectivity index (χ4n) is 2.99. The number of carbonyl (C=O) groups excluding carboxylic acids is 2. The van der Waals surface area contributed by atoms with E-state index in [0.717, 1.165) is 12.8 Å². The van der Waals surface area contributed by atoms with Crippen LogP contribution in [0.3, 0.4) is 0 Å². The fraction of sp³-hybridized carbons (Fsp3) is 0.867. The van der Waals surface area contributed by atoms with Crippen LogP contribution in [0, 0.1) is 5.92 Å². The molecule has 2 amide bonds. The van der Waals surface area contributed by atoms with Gasteiger partial charge in [0.25, 0.3) is 0 Å². The van der Waals surface area contributed by atoms with Gasteiger partial charge in [-0.05, 0) is 33.6 Å². The van der Waals surface area contributed by atoms with Crippen molar-refractivity contribution in [3.05, 3.63) is 0 Å². The van der Waals surface area contributed by atoms with E-state index in [1.165, 1.54) is 0 Å². The molecule has 0 aromatic heterocycles. The van der Waals surface area contributed by atoms with Crippen LogP contribution in [-0.2, 0) is 9.53 Å². The van der Waals surface area contributed by atoms with E-state index in [1.54, 1.807) is 9.80 Å². The van der Waals surface area contributed by atoms with Crippen molar-refractivity contribution < 1.29 is 19.4 Å². The first kappa shape index (κ1) is 16.1. The maximum atomic E-state index is 12.2. The minimum absolute atomic E-state index is 0.0289. The zero-order valence-corrected chi connectivity index (χ0v) is 13.2. The number of aliphatic hydroxyl groups excluding tert-OH is 1. The van der Waals surface area contributed by atoms with Crippen LogP contribution >= 0.6 is 0 Å². The third-order valence-electron chi connectivity index (χ3n) is 3.99. The average molecular weight is 298 g/mol. The Morgan fingerprint density at radius 1 is 1.43 bits per heavy atom. The third-order valence-corrected chi connectivity index (χ3v) is 3.99. The Morgan fingerprint density at radius 2 is 2.14 bits per heavy atom. The summed E-state index contributed by atoms with van der Waals surface area (Å²) in [7, 11) is 0. The van der Waals surface area contributed by atoms with Gasteiger partial charge < -0.3 is 19.6 Å². The number of nitrogens with zero attached hydrogens (tertiary/aromatic N) is 2. The molecule has 2 rings (SSSR count). The summed E-state index contributed by atoms with van der Waals surface area (Å²) < 4.78 is 5.43. The zero-order chi connectivity index (χ0) is 15.6. The van der Waals surface area contributed by atoms with Gasteiger partial charge in [0.05, 0.1) is 6.04 Å². The number of rotatable bonds is 3.